The summed E-state index contributed by atoms with van der Waals surface area (Å²) in [6.45, 7) is 10.9. The van der Waals surface area contributed by atoms with Gasteiger partial charge in [-0.15, -0.1) is 17.9 Å². The molecule has 188 valence electrons. The first-order valence-electron chi connectivity index (χ1n) is 12.4. The Morgan fingerprint density at radius 2 is 1.75 bits per heavy atom. The van der Waals surface area contributed by atoms with E-state index in [1.807, 2.05) is 51.6 Å². The van der Waals surface area contributed by atoms with Crippen molar-refractivity contribution in [3.63, 3.8) is 0 Å². The molecule has 0 aliphatic carbocycles. The molecule has 0 N–H and O–H groups in total. The van der Waals surface area contributed by atoms with E-state index in [2.05, 4.69) is 16.6 Å². The van der Waals surface area contributed by atoms with Gasteiger partial charge in [-0.2, -0.15) is 0 Å². The van der Waals surface area contributed by atoms with Crippen molar-refractivity contribution in [2.45, 2.75) is 25.7 Å². The molecule has 2 aromatic heterocycles. The van der Waals surface area contributed by atoms with Gasteiger partial charge in [0.2, 0.25) is 0 Å². The number of aromatic nitrogens is 2. The molecule has 0 atom stereocenters. The first kappa shape index (κ1) is 24.4. The lowest BCUT2D eigenvalue weighted by Crippen LogP contribution is -2.48. The molecule has 2 aliphatic heterocycles. The van der Waals surface area contributed by atoms with Crippen molar-refractivity contribution in [3.8, 4) is 11.3 Å². The first-order chi connectivity index (χ1) is 17.5. The molecule has 0 bridgehead atoms. The summed E-state index contributed by atoms with van der Waals surface area (Å²) in [6.07, 6.45) is 3.54. The lowest BCUT2D eigenvalue weighted by molar-refractivity contribution is 0.0645. The predicted octanol–water partition coefficient (Wildman–Crippen LogP) is 4.07. The maximum atomic E-state index is 13.4. The van der Waals surface area contributed by atoms with E-state index in [9.17, 15) is 9.59 Å². The van der Waals surface area contributed by atoms with Crippen molar-refractivity contribution in [3.05, 3.63) is 70.4 Å². The largest absolute Gasteiger partial charge is 0.360 e. The highest BCUT2D eigenvalue weighted by atomic mass is 32.1. The number of thiazole rings is 1. The molecular formula is C27H31N5O3S. The number of piperidine rings is 1. The Balaban J connectivity index is 1.20. The van der Waals surface area contributed by atoms with Crippen LogP contribution in [-0.2, 0) is 0 Å². The topological polar surface area (TPSA) is 82.8 Å². The number of hydrogen-bond donors (Lipinski definition) is 0. The third-order valence-corrected chi connectivity index (χ3v) is 8.05. The summed E-state index contributed by atoms with van der Waals surface area (Å²) in [5.74, 6) is 0.757. The van der Waals surface area contributed by atoms with E-state index in [4.69, 9.17) is 9.51 Å². The Morgan fingerprint density at radius 3 is 2.44 bits per heavy atom. The highest BCUT2D eigenvalue weighted by Gasteiger charge is 2.31. The van der Waals surface area contributed by atoms with Crippen molar-refractivity contribution in [1.82, 2.24) is 24.8 Å². The minimum absolute atomic E-state index is 0.0136. The SMILES string of the molecule is C=CCN1CCN(C(=O)c2csc(C3CCN(C(=O)c4c(-c5ccccc5)noc4C)CC3)n2)CC1. The Morgan fingerprint density at radius 1 is 1.06 bits per heavy atom. The average Bonchev–Trinajstić information content (AvgIpc) is 3.56. The Bertz CT molecular complexity index is 1220. The number of piperazine rings is 1. The number of nitrogens with zero attached hydrogens (tertiary/aromatic N) is 5. The molecule has 1 aromatic carbocycles. The van der Waals surface area contributed by atoms with E-state index in [1.54, 1.807) is 18.3 Å². The van der Waals surface area contributed by atoms with Gasteiger partial charge in [-0.05, 0) is 19.8 Å². The van der Waals surface area contributed by atoms with Crippen molar-refractivity contribution >= 4 is 23.2 Å². The zero-order valence-electron chi connectivity index (χ0n) is 20.6. The molecule has 0 unspecified atom stereocenters. The van der Waals surface area contributed by atoms with Gasteiger partial charge < -0.3 is 14.3 Å². The van der Waals surface area contributed by atoms with E-state index in [0.717, 1.165) is 43.0 Å². The molecule has 8 nitrogen and oxygen atoms in total. The second kappa shape index (κ2) is 10.8. The molecule has 0 saturated carbocycles. The van der Waals surface area contributed by atoms with Gasteiger partial charge in [-0.3, -0.25) is 14.5 Å². The smallest absolute Gasteiger partial charge is 0.273 e. The summed E-state index contributed by atoms with van der Waals surface area (Å²) in [4.78, 5) is 37.2. The van der Waals surface area contributed by atoms with Crippen LogP contribution in [0.15, 0.2) is 52.9 Å². The van der Waals surface area contributed by atoms with Gasteiger partial charge in [0.15, 0.2) is 0 Å². The van der Waals surface area contributed by atoms with Crippen LogP contribution >= 0.6 is 11.3 Å². The number of hydrogen-bond acceptors (Lipinski definition) is 7. The molecule has 2 aliphatic rings. The molecule has 5 rings (SSSR count). The van der Waals surface area contributed by atoms with Gasteiger partial charge in [0.05, 0.1) is 5.01 Å². The maximum Gasteiger partial charge on any atom is 0.273 e. The van der Waals surface area contributed by atoms with Crippen LogP contribution < -0.4 is 0 Å². The first-order valence-corrected chi connectivity index (χ1v) is 13.3. The summed E-state index contributed by atoms with van der Waals surface area (Å²) >= 11 is 1.56. The molecule has 0 spiro atoms. The summed E-state index contributed by atoms with van der Waals surface area (Å²) < 4.78 is 5.40. The minimum atomic E-state index is -0.0448. The molecule has 9 heteroatoms. The number of carbonyl (C=O) groups is 2. The highest BCUT2D eigenvalue weighted by molar-refractivity contribution is 7.09. The number of amides is 2. The number of likely N-dealkylation sites (tertiary alicyclic amines) is 1. The fourth-order valence-electron chi connectivity index (χ4n) is 4.96. The standard InChI is InChI=1S/C27H31N5O3S/c1-3-11-30-14-16-32(17-15-30)26(33)22-18-36-25(28-22)21-9-12-31(13-10-21)27(34)23-19(2)35-29-24(23)20-7-5-4-6-8-20/h3-8,18,21H,1,9-17H2,2H3. The summed E-state index contributed by atoms with van der Waals surface area (Å²) in [5, 5.41) is 7.04. The van der Waals surface area contributed by atoms with E-state index < -0.39 is 0 Å². The van der Waals surface area contributed by atoms with Crippen molar-refractivity contribution < 1.29 is 14.1 Å². The van der Waals surface area contributed by atoms with E-state index >= 15 is 0 Å². The van der Waals surface area contributed by atoms with Crippen LogP contribution in [0.25, 0.3) is 11.3 Å². The fourth-order valence-corrected chi connectivity index (χ4v) is 5.92. The van der Waals surface area contributed by atoms with Gasteiger partial charge in [0.25, 0.3) is 11.8 Å². The Kier molecular flexibility index (Phi) is 7.29. The molecular weight excluding hydrogens is 474 g/mol. The van der Waals surface area contributed by atoms with Gasteiger partial charge in [-0.25, -0.2) is 4.98 Å². The quantitative estimate of drug-likeness (QED) is 0.470. The van der Waals surface area contributed by atoms with E-state index in [0.29, 0.717) is 48.9 Å². The lowest BCUT2D eigenvalue weighted by Gasteiger charge is -2.33. The summed E-state index contributed by atoms with van der Waals surface area (Å²) in [7, 11) is 0. The lowest BCUT2D eigenvalue weighted by atomic mass is 9.96. The molecule has 2 saturated heterocycles. The zero-order chi connectivity index (χ0) is 25.1. The summed E-state index contributed by atoms with van der Waals surface area (Å²) in [6, 6.07) is 9.65. The monoisotopic (exact) mass is 505 g/mol. The second-order valence-corrected chi connectivity index (χ2v) is 10.2. The number of carbonyl (C=O) groups excluding carboxylic acids is 2. The highest BCUT2D eigenvalue weighted by Crippen LogP contribution is 2.33. The third-order valence-electron chi connectivity index (χ3n) is 7.04. The van der Waals surface area contributed by atoms with Gasteiger partial charge in [-0.1, -0.05) is 41.6 Å². The van der Waals surface area contributed by atoms with Crippen LogP contribution in [-0.4, -0.2) is 82.5 Å². The molecule has 2 amide bonds. The van der Waals surface area contributed by atoms with Crippen LogP contribution in [0.4, 0.5) is 0 Å². The van der Waals surface area contributed by atoms with Crippen LogP contribution in [0.1, 0.15) is 50.4 Å². The molecule has 0 radical (unpaired) electrons. The van der Waals surface area contributed by atoms with Crippen LogP contribution in [0.2, 0.25) is 0 Å². The maximum absolute atomic E-state index is 13.4. The van der Waals surface area contributed by atoms with Crippen LogP contribution in [0, 0.1) is 6.92 Å². The molecule has 2 fully saturated rings. The number of aryl methyl sites for hydroxylation is 1. The normalized spacial score (nSPS) is 17.4. The van der Waals surface area contributed by atoms with Crippen molar-refractivity contribution in [2.24, 2.45) is 0 Å². The fraction of sp³-hybridized carbons (Fsp3) is 0.407. The Labute approximate surface area is 215 Å². The van der Waals surface area contributed by atoms with E-state index in [-0.39, 0.29) is 17.7 Å². The third kappa shape index (κ3) is 4.99. The predicted molar refractivity (Wildman–Crippen MR) is 139 cm³/mol. The molecule has 36 heavy (non-hydrogen) atoms. The van der Waals surface area contributed by atoms with Crippen LogP contribution in [0.3, 0.4) is 0 Å². The molecule has 3 aromatic rings. The number of benzene rings is 1. The number of rotatable bonds is 6. The Hall–Kier alpha value is -3.30. The van der Waals surface area contributed by atoms with Gasteiger partial charge >= 0.3 is 0 Å². The zero-order valence-corrected chi connectivity index (χ0v) is 21.4. The van der Waals surface area contributed by atoms with Gasteiger partial charge in [0.1, 0.15) is 22.7 Å². The van der Waals surface area contributed by atoms with Crippen molar-refractivity contribution in [1.29, 1.82) is 0 Å². The average molecular weight is 506 g/mol. The van der Waals surface area contributed by atoms with Gasteiger partial charge in [0, 0.05) is 62.7 Å². The molecule has 4 heterocycles. The second-order valence-electron chi connectivity index (χ2n) is 9.35. The van der Waals surface area contributed by atoms with E-state index in [1.165, 1.54) is 0 Å². The summed E-state index contributed by atoms with van der Waals surface area (Å²) in [5.41, 5.74) is 2.54. The minimum Gasteiger partial charge on any atom is -0.360 e. The van der Waals surface area contributed by atoms with Crippen molar-refractivity contribution in [2.75, 3.05) is 45.8 Å². The van der Waals surface area contributed by atoms with Crippen LogP contribution in [0.5, 0.6) is 0 Å².